The number of amides is 2. The molecule has 5 heterocycles. The first-order valence-corrected chi connectivity index (χ1v) is 9.60. The van der Waals surface area contributed by atoms with Crippen molar-refractivity contribution < 1.29 is 23.1 Å². The lowest BCUT2D eigenvalue weighted by Crippen LogP contribution is -2.50. The molecule has 2 bridgehead atoms. The Hall–Kier alpha value is -2.35. The van der Waals surface area contributed by atoms with Gasteiger partial charge in [0.05, 0.1) is 24.5 Å². The Bertz CT molecular complexity index is 836. The van der Waals surface area contributed by atoms with E-state index in [0.717, 1.165) is 5.56 Å². The third kappa shape index (κ3) is 2.65. The number of hydrogen-bond acceptors (Lipinski definition) is 4. The van der Waals surface area contributed by atoms with Gasteiger partial charge in [-0.2, -0.15) is 0 Å². The highest BCUT2D eigenvalue weighted by Gasteiger charge is 2.67. The average molecular weight is 389 g/mol. The topological polar surface area (TPSA) is 62.7 Å². The summed E-state index contributed by atoms with van der Waals surface area (Å²) in [6.45, 7) is 0.835. The van der Waals surface area contributed by atoms with Gasteiger partial charge in [0.15, 0.2) is 0 Å². The summed E-state index contributed by atoms with van der Waals surface area (Å²) < 4.78 is 33.0. The van der Waals surface area contributed by atoms with Crippen molar-refractivity contribution >= 4 is 11.8 Å². The number of carbonyl (C=O) groups excluding carboxylic acids is 2. The smallest absolute Gasteiger partial charge is 0.251 e. The summed E-state index contributed by atoms with van der Waals surface area (Å²) >= 11 is 0. The van der Waals surface area contributed by atoms with Gasteiger partial charge in [-0.3, -0.25) is 14.6 Å². The van der Waals surface area contributed by atoms with E-state index in [9.17, 15) is 18.4 Å². The van der Waals surface area contributed by atoms with Crippen molar-refractivity contribution in [3.63, 3.8) is 0 Å². The molecule has 6 nitrogen and oxygen atoms in total. The predicted molar refractivity (Wildman–Crippen MR) is 94.1 cm³/mol. The van der Waals surface area contributed by atoms with Crippen LogP contribution in [0.15, 0.2) is 36.7 Å². The van der Waals surface area contributed by atoms with Crippen molar-refractivity contribution in [2.75, 3.05) is 19.6 Å². The molecule has 0 unspecified atom stereocenters. The van der Waals surface area contributed by atoms with Gasteiger partial charge in [0, 0.05) is 44.9 Å². The number of fused-ring (bicyclic) bond motifs is 1. The fraction of sp³-hybridized carbons (Fsp3) is 0.550. The first-order chi connectivity index (χ1) is 13.4. The second-order valence-electron chi connectivity index (χ2n) is 8.14. The number of hydrogen-bond donors (Lipinski definition) is 0. The lowest BCUT2D eigenvalue weighted by molar-refractivity contribution is -0.147. The van der Waals surface area contributed by atoms with E-state index in [1.807, 2.05) is 24.3 Å². The van der Waals surface area contributed by atoms with E-state index in [2.05, 4.69) is 4.98 Å². The summed E-state index contributed by atoms with van der Waals surface area (Å²) in [5, 5.41) is 0. The van der Waals surface area contributed by atoms with E-state index in [0.29, 0.717) is 13.1 Å². The Morgan fingerprint density at radius 3 is 2.82 bits per heavy atom. The van der Waals surface area contributed by atoms with Gasteiger partial charge in [0.2, 0.25) is 11.8 Å². The Balaban J connectivity index is 1.36. The van der Waals surface area contributed by atoms with Crippen molar-refractivity contribution in [1.29, 1.82) is 0 Å². The van der Waals surface area contributed by atoms with Crippen LogP contribution in [0.1, 0.15) is 18.4 Å². The van der Waals surface area contributed by atoms with E-state index in [1.165, 1.54) is 4.90 Å². The van der Waals surface area contributed by atoms with Crippen LogP contribution in [-0.2, 0) is 20.9 Å². The molecule has 0 aromatic carbocycles. The summed E-state index contributed by atoms with van der Waals surface area (Å²) in [6.07, 6.45) is 6.02. The van der Waals surface area contributed by atoms with Gasteiger partial charge < -0.3 is 14.5 Å². The molecule has 8 heteroatoms. The first kappa shape index (κ1) is 17.7. The lowest BCUT2D eigenvalue weighted by atomic mass is 9.76. The van der Waals surface area contributed by atoms with E-state index < -0.39 is 29.5 Å². The van der Waals surface area contributed by atoms with Gasteiger partial charge in [-0.1, -0.05) is 18.2 Å². The maximum Gasteiger partial charge on any atom is 0.251 e. The highest BCUT2D eigenvalue weighted by molar-refractivity contribution is 5.93. The van der Waals surface area contributed by atoms with Gasteiger partial charge in [-0.25, -0.2) is 8.78 Å². The molecule has 5 rings (SSSR count). The lowest BCUT2D eigenvalue weighted by Gasteiger charge is -2.35. The van der Waals surface area contributed by atoms with Crippen LogP contribution in [0, 0.1) is 11.8 Å². The summed E-state index contributed by atoms with van der Waals surface area (Å²) in [6, 6.07) is 3.71. The van der Waals surface area contributed by atoms with E-state index in [-0.39, 0.29) is 37.7 Å². The van der Waals surface area contributed by atoms with E-state index in [1.54, 1.807) is 17.3 Å². The molecule has 4 aliphatic heterocycles. The average Bonchev–Trinajstić information content (AvgIpc) is 3.31. The van der Waals surface area contributed by atoms with Crippen molar-refractivity contribution in [2.45, 2.75) is 37.0 Å². The largest absolute Gasteiger partial charge is 0.360 e. The molecule has 4 aliphatic rings. The minimum Gasteiger partial charge on any atom is -0.360 e. The molecule has 1 aromatic rings. The van der Waals surface area contributed by atoms with Gasteiger partial charge in [0.1, 0.15) is 5.60 Å². The van der Waals surface area contributed by atoms with Crippen molar-refractivity contribution in [3.8, 4) is 0 Å². The van der Waals surface area contributed by atoms with Crippen molar-refractivity contribution in [3.05, 3.63) is 42.2 Å². The molecular formula is C20H21F2N3O3. The van der Waals surface area contributed by atoms with Crippen LogP contribution in [0.25, 0.3) is 0 Å². The molecule has 0 saturated carbocycles. The van der Waals surface area contributed by atoms with Crippen LogP contribution in [-0.4, -0.2) is 63.9 Å². The summed E-state index contributed by atoms with van der Waals surface area (Å²) in [5.74, 6) is -4.30. The normalized spacial score (nSPS) is 35.5. The number of ether oxygens (including phenoxy) is 1. The van der Waals surface area contributed by atoms with Crippen LogP contribution < -0.4 is 0 Å². The highest BCUT2D eigenvalue weighted by atomic mass is 19.3. The number of alkyl halides is 2. The molecule has 148 valence electrons. The molecule has 0 N–H and O–H groups in total. The Morgan fingerprint density at radius 2 is 2.11 bits per heavy atom. The zero-order valence-electron chi connectivity index (χ0n) is 15.3. The van der Waals surface area contributed by atoms with Crippen molar-refractivity contribution in [2.24, 2.45) is 11.8 Å². The monoisotopic (exact) mass is 389 g/mol. The maximum atomic E-state index is 13.5. The van der Waals surface area contributed by atoms with Gasteiger partial charge in [-0.05, 0) is 11.6 Å². The van der Waals surface area contributed by atoms with Crippen LogP contribution >= 0.6 is 0 Å². The molecule has 1 spiro atoms. The molecular weight excluding hydrogens is 368 g/mol. The number of aromatic nitrogens is 1. The van der Waals surface area contributed by atoms with Gasteiger partial charge in [-0.15, -0.1) is 0 Å². The quantitative estimate of drug-likeness (QED) is 0.737. The minimum absolute atomic E-state index is 0.0199. The second-order valence-corrected chi connectivity index (χ2v) is 8.14. The summed E-state index contributed by atoms with van der Waals surface area (Å²) in [5.41, 5.74) is 0.121. The fourth-order valence-corrected chi connectivity index (χ4v) is 4.97. The van der Waals surface area contributed by atoms with Crippen LogP contribution in [0.4, 0.5) is 8.78 Å². The number of rotatable bonds is 3. The number of likely N-dealkylation sites (tertiary alicyclic amines) is 2. The van der Waals surface area contributed by atoms with Gasteiger partial charge in [0.25, 0.3) is 5.92 Å². The molecule has 3 saturated heterocycles. The SMILES string of the molecule is O=C([C@H]1[C@@H]2C=C[C@@]3(CN(Cc4cccnc4)C(=O)[C@@H]13)O2)N1CCC(F)(F)CC1. The molecule has 4 atom stereocenters. The minimum atomic E-state index is -2.72. The molecule has 1 aromatic heterocycles. The van der Waals surface area contributed by atoms with Crippen LogP contribution in [0.2, 0.25) is 0 Å². The number of carbonyl (C=O) groups is 2. The zero-order valence-corrected chi connectivity index (χ0v) is 15.3. The van der Waals surface area contributed by atoms with Gasteiger partial charge >= 0.3 is 0 Å². The molecule has 3 fully saturated rings. The number of nitrogens with zero attached hydrogens (tertiary/aromatic N) is 3. The van der Waals surface area contributed by atoms with E-state index in [4.69, 9.17) is 4.74 Å². The maximum absolute atomic E-state index is 13.5. The zero-order chi connectivity index (χ0) is 19.5. The Morgan fingerprint density at radius 1 is 1.32 bits per heavy atom. The summed E-state index contributed by atoms with van der Waals surface area (Å²) in [7, 11) is 0. The van der Waals surface area contributed by atoms with Crippen molar-refractivity contribution in [1.82, 2.24) is 14.8 Å². The summed E-state index contributed by atoms with van der Waals surface area (Å²) in [4.78, 5) is 33.6. The fourth-order valence-electron chi connectivity index (χ4n) is 4.97. The third-order valence-electron chi connectivity index (χ3n) is 6.37. The number of halogens is 2. The highest BCUT2D eigenvalue weighted by Crippen LogP contribution is 2.52. The number of pyridine rings is 1. The standard InChI is InChI=1S/C20H21F2N3O3/c21-20(22)5-8-24(9-6-20)17(26)15-14-3-4-19(28-14)12-25(18(27)16(15)19)11-13-2-1-7-23-10-13/h1-4,7,10,14-16H,5-6,8-9,11-12H2/t14-,15-,16+,19-/m0/s1. The molecule has 2 amide bonds. The van der Waals surface area contributed by atoms with E-state index >= 15 is 0 Å². The molecule has 28 heavy (non-hydrogen) atoms. The van der Waals surface area contributed by atoms with Crippen LogP contribution in [0.3, 0.4) is 0 Å². The molecule has 0 aliphatic carbocycles. The first-order valence-electron chi connectivity index (χ1n) is 9.60. The molecule has 0 radical (unpaired) electrons. The van der Waals surface area contributed by atoms with Crippen LogP contribution in [0.5, 0.6) is 0 Å². The predicted octanol–water partition coefficient (Wildman–Crippen LogP) is 1.62. The third-order valence-corrected chi connectivity index (χ3v) is 6.37. The Kier molecular flexibility index (Phi) is 3.84. The number of piperidine rings is 1. The Labute approximate surface area is 161 Å². The second kappa shape index (κ2) is 6.07.